The molecule has 2 unspecified atom stereocenters. The van der Waals surface area contributed by atoms with E-state index < -0.39 is 0 Å². The second-order valence-electron chi connectivity index (χ2n) is 6.26. The van der Waals surface area contributed by atoms with Crippen molar-refractivity contribution in [3.8, 4) is 0 Å². The summed E-state index contributed by atoms with van der Waals surface area (Å²) >= 11 is 0. The van der Waals surface area contributed by atoms with E-state index in [1.807, 2.05) is 41.3 Å². The van der Waals surface area contributed by atoms with Gasteiger partial charge in [-0.1, -0.05) is 31.2 Å². The van der Waals surface area contributed by atoms with E-state index in [0.29, 0.717) is 17.2 Å². The molecule has 3 rings (SSSR count). The Kier molecular flexibility index (Phi) is 3.58. The molecule has 3 nitrogen and oxygen atoms in total. The van der Waals surface area contributed by atoms with E-state index in [1.54, 1.807) is 0 Å². The quantitative estimate of drug-likeness (QED) is 0.811. The first-order valence-electron chi connectivity index (χ1n) is 7.65. The van der Waals surface area contributed by atoms with Gasteiger partial charge in [0.1, 0.15) is 0 Å². The van der Waals surface area contributed by atoms with Crippen LogP contribution < -0.4 is 5.73 Å². The van der Waals surface area contributed by atoms with Gasteiger partial charge in [-0.05, 0) is 48.6 Å². The van der Waals surface area contributed by atoms with E-state index in [-0.39, 0.29) is 11.9 Å². The molecule has 1 fully saturated rings. The fraction of sp³-hybridized carbons (Fsp3) is 0.389. The highest BCUT2D eigenvalue weighted by Crippen LogP contribution is 2.27. The smallest absolute Gasteiger partial charge is 0.256 e. The van der Waals surface area contributed by atoms with E-state index in [9.17, 15) is 4.79 Å². The van der Waals surface area contributed by atoms with Crippen molar-refractivity contribution in [2.45, 2.75) is 32.7 Å². The zero-order valence-corrected chi connectivity index (χ0v) is 12.7. The van der Waals surface area contributed by atoms with Gasteiger partial charge in [0.05, 0.1) is 5.56 Å². The first-order valence-corrected chi connectivity index (χ1v) is 7.65. The van der Waals surface area contributed by atoms with Crippen molar-refractivity contribution in [3.05, 3.63) is 42.0 Å². The normalized spacial score (nSPS) is 22.5. The molecule has 0 radical (unpaired) electrons. The van der Waals surface area contributed by atoms with Crippen molar-refractivity contribution in [3.63, 3.8) is 0 Å². The number of rotatable bonds is 1. The molecular weight excluding hydrogens is 260 g/mol. The Hall–Kier alpha value is -2.03. The molecule has 2 aromatic carbocycles. The van der Waals surface area contributed by atoms with E-state index in [1.165, 1.54) is 0 Å². The van der Waals surface area contributed by atoms with Crippen molar-refractivity contribution in [2.24, 2.45) is 5.92 Å². The summed E-state index contributed by atoms with van der Waals surface area (Å²) in [6.45, 7) is 5.21. The number of likely N-dealkylation sites (tertiary alicyclic amines) is 1. The number of hydrogen-bond donors (Lipinski definition) is 1. The summed E-state index contributed by atoms with van der Waals surface area (Å²) in [5.41, 5.74) is 7.33. The van der Waals surface area contributed by atoms with Gasteiger partial charge in [0.2, 0.25) is 0 Å². The van der Waals surface area contributed by atoms with Crippen LogP contribution in [0.3, 0.4) is 0 Å². The number of hydrogen-bond acceptors (Lipinski definition) is 2. The Labute approximate surface area is 125 Å². The van der Waals surface area contributed by atoms with Crippen LogP contribution in [-0.4, -0.2) is 23.4 Å². The number of carbonyl (C=O) groups is 1. The van der Waals surface area contributed by atoms with Gasteiger partial charge in [-0.2, -0.15) is 0 Å². The predicted octanol–water partition coefficient (Wildman–Crippen LogP) is 3.68. The third-order valence-corrected chi connectivity index (χ3v) is 4.55. The number of nitrogen functional groups attached to an aromatic ring is 1. The third-order valence-electron chi connectivity index (χ3n) is 4.55. The molecule has 2 aromatic rings. The number of anilines is 1. The molecule has 3 heteroatoms. The van der Waals surface area contributed by atoms with Gasteiger partial charge in [-0.3, -0.25) is 4.79 Å². The maximum Gasteiger partial charge on any atom is 0.256 e. The zero-order valence-electron chi connectivity index (χ0n) is 12.7. The minimum atomic E-state index is 0.0673. The number of fused-ring (bicyclic) bond motifs is 1. The van der Waals surface area contributed by atoms with E-state index >= 15 is 0 Å². The van der Waals surface area contributed by atoms with E-state index in [0.717, 1.165) is 30.2 Å². The summed E-state index contributed by atoms with van der Waals surface area (Å²) < 4.78 is 0. The summed E-state index contributed by atoms with van der Waals surface area (Å²) in [5.74, 6) is 0.760. The van der Waals surface area contributed by atoms with Crippen molar-refractivity contribution in [1.29, 1.82) is 0 Å². The monoisotopic (exact) mass is 282 g/mol. The number of amides is 1. The summed E-state index contributed by atoms with van der Waals surface area (Å²) in [5, 5.41) is 2.14. The zero-order chi connectivity index (χ0) is 15.0. The van der Waals surface area contributed by atoms with Gasteiger partial charge in [0.15, 0.2) is 0 Å². The molecule has 1 heterocycles. The molecule has 1 aliphatic rings. The fourth-order valence-electron chi connectivity index (χ4n) is 3.31. The van der Waals surface area contributed by atoms with Gasteiger partial charge in [0, 0.05) is 18.3 Å². The average Bonchev–Trinajstić information content (AvgIpc) is 2.46. The highest BCUT2D eigenvalue weighted by molar-refractivity contribution is 6.04. The van der Waals surface area contributed by atoms with Crippen LogP contribution in [0.15, 0.2) is 36.4 Å². The van der Waals surface area contributed by atoms with Gasteiger partial charge in [-0.15, -0.1) is 0 Å². The number of benzene rings is 2. The van der Waals surface area contributed by atoms with Crippen molar-refractivity contribution < 1.29 is 4.79 Å². The lowest BCUT2D eigenvalue weighted by molar-refractivity contribution is 0.0590. The van der Waals surface area contributed by atoms with Crippen LogP contribution in [-0.2, 0) is 0 Å². The summed E-state index contributed by atoms with van der Waals surface area (Å²) in [6, 6.07) is 12.1. The second kappa shape index (κ2) is 5.40. The molecule has 1 amide bonds. The van der Waals surface area contributed by atoms with Gasteiger partial charge in [-0.25, -0.2) is 0 Å². The Balaban J connectivity index is 1.96. The molecular formula is C18H22N2O. The lowest BCUT2D eigenvalue weighted by Crippen LogP contribution is -2.44. The Morgan fingerprint density at radius 2 is 1.86 bits per heavy atom. The first kappa shape index (κ1) is 13.9. The summed E-state index contributed by atoms with van der Waals surface area (Å²) in [4.78, 5) is 14.8. The van der Waals surface area contributed by atoms with Crippen LogP contribution in [0.25, 0.3) is 10.8 Å². The SMILES string of the molecule is CC1CCN(C(=O)c2cc3ccccc3cc2N)C(C)C1. The van der Waals surface area contributed by atoms with Crippen molar-refractivity contribution in [2.75, 3.05) is 12.3 Å². The first-order chi connectivity index (χ1) is 10.1. The highest BCUT2D eigenvalue weighted by Gasteiger charge is 2.28. The maximum atomic E-state index is 12.8. The number of carbonyl (C=O) groups excluding carboxylic acids is 1. The molecule has 0 aromatic heterocycles. The largest absolute Gasteiger partial charge is 0.398 e. The van der Waals surface area contributed by atoms with Crippen molar-refractivity contribution in [1.82, 2.24) is 4.90 Å². The molecule has 21 heavy (non-hydrogen) atoms. The minimum Gasteiger partial charge on any atom is -0.398 e. The van der Waals surface area contributed by atoms with Crippen LogP contribution in [0.4, 0.5) is 5.69 Å². The van der Waals surface area contributed by atoms with Crippen molar-refractivity contribution >= 4 is 22.4 Å². The molecule has 0 bridgehead atoms. The van der Waals surface area contributed by atoms with Crippen LogP contribution in [0.1, 0.15) is 37.0 Å². The molecule has 1 saturated heterocycles. The minimum absolute atomic E-state index is 0.0673. The molecule has 0 saturated carbocycles. The topological polar surface area (TPSA) is 46.3 Å². The summed E-state index contributed by atoms with van der Waals surface area (Å²) in [7, 11) is 0. The maximum absolute atomic E-state index is 12.8. The molecule has 2 atom stereocenters. The summed E-state index contributed by atoms with van der Waals surface area (Å²) in [6.07, 6.45) is 2.14. The molecule has 0 spiro atoms. The van der Waals surface area contributed by atoms with Crippen LogP contribution >= 0.6 is 0 Å². The Morgan fingerprint density at radius 1 is 1.19 bits per heavy atom. The standard InChI is InChI=1S/C18H22N2O/c1-12-7-8-20(13(2)9-12)18(21)16-10-14-5-3-4-6-15(14)11-17(16)19/h3-6,10-13H,7-9,19H2,1-2H3. The van der Waals surface area contributed by atoms with Crippen LogP contribution in [0.5, 0.6) is 0 Å². The second-order valence-corrected chi connectivity index (χ2v) is 6.26. The number of nitrogens with zero attached hydrogens (tertiary/aromatic N) is 1. The van der Waals surface area contributed by atoms with Gasteiger partial charge in [0.25, 0.3) is 5.91 Å². The van der Waals surface area contributed by atoms with E-state index in [4.69, 9.17) is 5.73 Å². The third kappa shape index (κ3) is 2.60. The van der Waals surface area contributed by atoms with Crippen LogP contribution in [0.2, 0.25) is 0 Å². The van der Waals surface area contributed by atoms with Crippen LogP contribution in [0, 0.1) is 5.92 Å². The lowest BCUT2D eigenvalue weighted by Gasteiger charge is -2.36. The molecule has 2 N–H and O–H groups in total. The van der Waals surface area contributed by atoms with E-state index in [2.05, 4.69) is 13.8 Å². The highest BCUT2D eigenvalue weighted by atomic mass is 16.2. The molecule has 1 aliphatic heterocycles. The van der Waals surface area contributed by atoms with Gasteiger partial charge >= 0.3 is 0 Å². The number of nitrogens with two attached hydrogens (primary N) is 1. The Bertz CT molecular complexity index is 680. The average molecular weight is 282 g/mol. The number of piperidine rings is 1. The lowest BCUT2D eigenvalue weighted by atomic mass is 9.92. The van der Waals surface area contributed by atoms with Gasteiger partial charge < -0.3 is 10.6 Å². The fourth-order valence-corrected chi connectivity index (χ4v) is 3.31. The predicted molar refractivity (Wildman–Crippen MR) is 87.3 cm³/mol. The molecule has 0 aliphatic carbocycles. The Morgan fingerprint density at radius 3 is 2.52 bits per heavy atom. The molecule has 110 valence electrons.